The predicted molar refractivity (Wildman–Crippen MR) is 69.4 cm³/mol. The number of hydrogen-bond acceptors (Lipinski definition) is 3. The van der Waals surface area contributed by atoms with E-state index >= 15 is 0 Å². The number of nitrogens with zero attached hydrogens (tertiary/aromatic N) is 1. The van der Waals surface area contributed by atoms with Crippen LogP contribution in [0.3, 0.4) is 0 Å². The molecule has 4 heteroatoms. The van der Waals surface area contributed by atoms with Crippen LogP contribution in [0.15, 0.2) is 30.3 Å². The van der Waals surface area contributed by atoms with Crippen molar-refractivity contribution in [2.45, 2.75) is 18.9 Å². The Balaban J connectivity index is 1.83. The van der Waals surface area contributed by atoms with E-state index in [9.17, 15) is 9.59 Å². The number of ketones is 1. The molecule has 1 aliphatic rings. The van der Waals surface area contributed by atoms with Crippen molar-refractivity contribution in [1.82, 2.24) is 10.2 Å². The summed E-state index contributed by atoms with van der Waals surface area (Å²) in [6.07, 6.45) is 0.895. The Morgan fingerprint density at radius 3 is 2.67 bits per heavy atom. The van der Waals surface area contributed by atoms with E-state index in [-0.39, 0.29) is 24.2 Å². The third-order valence-corrected chi connectivity index (χ3v) is 3.17. The molecule has 0 spiro atoms. The largest absolute Gasteiger partial charge is 0.352 e. The van der Waals surface area contributed by atoms with Crippen LogP contribution in [0.25, 0.3) is 0 Å². The Labute approximate surface area is 107 Å². The second-order valence-corrected chi connectivity index (χ2v) is 4.78. The highest BCUT2D eigenvalue weighted by Gasteiger charge is 2.22. The number of carbonyl (C=O) groups excluding carboxylic acids is 2. The Morgan fingerprint density at radius 2 is 2.06 bits per heavy atom. The monoisotopic (exact) mass is 246 g/mol. The van der Waals surface area contributed by atoms with E-state index in [1.165, 1.54) is 0 Å². The van der Waals surface area contributed by atoms with Crippen LogP contribution >= 0.6 is 0 Å². The molecule has 1 saturated heterocycles. The van der Waals surface area contributed by atoms with Crippen LogP contribution in [-0.4, -0.2) is 42.8 Å². The van der Waals surface area contributed by atoms with E-state index in [0.29, 0.717) is 5.56 Å². The molecule has 1 aromatic carbocycles. The average Bonchev–Trinajstić information content (AvgIpc) is 2.75. The predicted octanol–water partition coefficient (Wildman–Crippen LogP) is 1.08. The summed E-state index contributed by atoms with van der Waals surface area (Å²) in [6, 6.07) is 9.11. The van der Waals surface area contributed by atoms with Gasteiger partial charge in [-0.15, -0.1) is 0 Å². The fourth-order valence-electron chi connectivity index (χ4n) is 2.20. The topological polar surface area (TPSA) is 49.4 Å². The van der Waals surface area contributed by atoms with Gasteiger partial charge in [0.2, 0.25) is 5.91 Å². The number of benzene rings is 1. The number of likely N-dealkylation sites (N-methyl/N-ethyl adjacent to an activating group) is 1. The number of hydrogen-bond donors (Lipinski definition) is 1. The molecule has 1 unspecified atom stereocenters. The third kappa shape index (κ3) is 3.40. The lowest BCUT2D eigenvalue weighted by atomic mass is 10.1. The minimum Gasteiger partial charge on any atom is -0.352 e. The molecular weight excluding hydrogens is 228 g/mol. The normalized spacial score (nSPS) is 19.7. The lowest BCUT2D eigenvalue weighted by Crippen LogP contribution is -2.37. The summed E-state index contributed by atoms with van der Waals surface area (Å²) in [6.45, 7) is 1.86. The molecule has 18 heavy (non-hydrogen) atoms. The van der Waals surface area contributed by atoms with E-state index in [2.05, 4.69) is 10.2 Å². The molecule has 4 nitrogen and oxygen atoms in total. The van der Waals surface area contributed by atoms with Crippen molar-refractivity contribution in [2.75, 3.05) is 20.1 Å². The maximum atomic E-state index is 11.8. The minimum absolute atomic E-state index is 0.0653. The maximum absolute atomic E-state index is 11.8. The quantitative estimate of drug-likeness (QED) is 0.639. The van der Waals surface area contributed by atoms with E-state index < -0.39 is 0 Å². The number of likely N-dealkylation sites (tertiary alicyclic amines) is 1. The van der Waals surface area contributed by atoms with Gasteiger partial charge in [0.25, 0.3) is 0 Å². The average molecular weight is 246 g/mol. The van der Waals surface area contributed by atoms with Crippen molar-refractivity contribution in [1.29, 1.82) is 0 Å². The van der Waals surface area contributed by atoms with Crippen LogP contribution in [-0.2, 0) is 4.79 Å². The highest BCUT2D eigenvalue weighted by Crippen LogP contribution is 2.07. The van der Waals surface area contributed by atoms with Gasteiger partial charge in [0.15, 0.2) is 5.78 Å². The van der Waals surface area contributed by atoms with Crippen LogP contribution in [0.2, 0.25) is 0 Å². The molecule has 1 N–H and O–H groups in total. The van der Waals surface area contributed by atoms with Crippen molar-refractivity contribution >= 4 is 11.7 Å². The van der Waals surface area contributed by atoms with E-state index in [1.807, 2.05) is 13.1 Å². The van der Waals surface area contributed by atoms with Crippen molar-refractivity contribution in [3.8, 4) is 0 Å². The fraction of sp³-hybridized carbons (Fsp3) is 0.429. The first-order valence-electron chi connectivity index (χ1n) is 6.21. The zero-order valence-electron chi connectivity index (χ0n) is 10.6. The van der Waals surface area contributed by atoms with Gasteiger partial charge in [-0.25, -0.2) is 0 Å². The van der Waals surface area contributed by atoms with Crippen LogP contribution < -0.4 is 5.32 Å². The highest BCUT2D eigenvalue weighted by atomic mass is 16.2. The molecule has 2 rings (SSSR count). The molecule has 0 bridgehead atoms. The molecule has 0 aromatic heterocycles. The minimum atomic E-state index is -0.177. The smallest absolute Gasteiger partial charge is 0.228 e. The van der Waals surface area contributed by atoms with Crippen LogP contribution in [0.1, 0.15) is 23.2 Å². The molecule has 1 aromatic rings. The third-order valence-electron chi connectivity index (χ3n) is 3.17. The maximum Gasteiger partial charge on any atom is 0.228 e. The van der Waals surface area contributed by atoms with Gasteiger partial charge in [0.05, 0.1) is 6.42 Å². The van der Waals surface area contributed by atoms with Crippen LogP contribution in [0.5, 0.6) is 0 Å². The molecule has 1 amide bonds. The number of carbonyl (C=O) groups is 2. The van der Waals surface area contributed by atoms with Crippen molar-refractivity contribution in [3.05, 3.63) is 35.9 Å². The fourth-order valence-corrected chi connectivity index (χ4v) is 2.20. The Kier molecular flexibility index (Phi) is 4.10. The molecule has 0 saturated carbocycles. The van der Waals surface area contributed by atoms with E-state index in [1.54, 1.807) is 24.3 Å². The van der Waals surface area contributed by atoms with Gasteiger partial charge < -0.3 is 10.2 Å². The molecule has 1 aliphatic heterocycles. The van der Waals surface area contributed by atoms with Gasteiger partial charge >= 0.3 is 0 Å². The molecule has 96 valence electrons. The van der Waals surface area contributed by atoms with Gasteiger partial charge in [-0.2, -0.15) is 0 Å². The van der Waals surface area contributed by atoms with E-state index in [4.69, 9.17) is 0 Å². The van der Waals surface area contributed by atoms with Gasteiger partial charge in [-0.3, -0.25) is 9.59 Å². The molecule has 0 radical (unpaired) electrons. The van der Waals surface area contributed by atoms with E-state index in [0.717, 1.165) is 19.5 Å². The zero-order chi connectivity index (χ0) is 13.0. The zero-order valence-corrected chi connectivity index (χ0v) is 10.6. The van der Waals surface area contributed by atoms with Crippen molar-refractivity contribution < 1.29 is 9.59 Å². The van der Waals surface area contributed by atoms with Gasteiger partial charge in [-0.05, 0) is 20.0 Å². The van der Waals surface area contributed by atoms with Crippen molar-refractivity contribution in [2.24, 2.45) is 0 Å². The SMILES string of the molecule is CN1CCC(NC(=O)CC(=O)c2ccccc2)C1. The molecule has 1 atom stereocenters. The molecular formula is C14H18N2O2. The van der Waals surface area contributed by atoms with Crippen LogP contribution in [0.4, 0.5) is 0 Å². The summed E-state index contributed by atoms with van der Waals surface area (Å²) in [5.74, 6) is -0.302. The Morgan fingerprint density at radius 1 is 1.33 bits per heavy atom. The summed E-state index contributed by atoms with van der Waals surface area (Å²) in [5, 5.41) is 2.91. The Hall–Kier alpha value is -1.68. The number of nitrogens with one attached hydrogen (secondary N) is 1. The summed E-state index contributed by atoms with van der Waals surface area (Å²) in [5.41, 5.74) is 0.594. The van der Waals surface area contributed by atoms with Gasteiger partial charge in [-0.1, -0.05) is 30.3 Å². The molecule has 0 aliphatic carbocycles. The van der Waals surface area contributed by atoms with Gasteiger partial charge in [0, 0.05) is 18.2 Å². The number of rotatable bonds is 4. The standard InChI is InChI=1S/C14H18N2O2/c1-16-8-7-12(10-16)15-14(18)9-13(17)11-5-3-2-4-6-11/h2-6,12H,7-10H2,1H3,(H,15,18). The Bertz CT molecular complexity index is 431. The first kappa shape index (κ1) is 12.8. The summed E-state index contributed by atoms with van der Waals surface area (Å²) < 4.78 is 0. The summed E-state index contributed by atoms with van der Waals surface area (Å²) in [4.78, 5) is 25.7. The van der Waals surface area contributed by atoms with Crippen molar-refractivity contribution in [3.63, 3.8) is 0 Å². The highest BCUT2D eigenvalue weighted by molar-refractivity contribution is 6.07. The second-order valence-electron chi connectivity index (χ2n) is 4.78. The second kappa shape index (κ2) is 5.78. The lowest BCUT2D eigenvalue weighted by Gasteiger charge is -2.12. The summed E-state index contributed by atoms with van der Waals surface area (Å²) in [7, 11) is 2.03. The lowest BCUT2D eigenvalue weighted by molar-refractivity contribution is -0.120. The number of amides is 1. The summed E-state index contributed by atoms with van der Waals surface area (Å²) >= 11 is 0. The van der Waals surface area contributed by atoms with Crippen LogP contribution in [0, 0.1) is 0 Å². The molecule has 1 heterocycles. The number of Topliss-reactive ketones (excluding diaryl/α,β-unsaturated/α-hetero) is 1. The van der Waals surface area contributed by atoms with Gasteiger partial charge in [0.1, 0.15) is 0 Å². The first-order chi connectivity index (χ1) is 8.65. The first-order valence-corrected chi connectivity index (χ1v) is 6.21. The molecule has 1 fully saturated rings.